The van der Waals surface area contributed by atoms with Gasteiger partial charge in [0.1, 0.15) is 0 Å². The summed E-state index contributed by atoms with van der Waals surface area (Å²) in [5.74, 6) is 0.388. The van der Waals surface area contributed by atoms with Crippen molar-refractivity contribution >= 4 is 17.6 Å². The quantitative estimate of drug-likeness (QED) is 0.689. The van der Waals surface area contributed by atoms with E-state index in [1.165, 1.54) is 12.8 Å². The van der Waals surface area contributed by atoms with Crippen LogP contribution in [0, 0.1) is 5.92 Å². The van der Waals surface area contributed by atoms with Crippen LogP contribution in [-0.4, -0.2) is 25.5 Å². The monoisotopic (exact) mass is 305 g/mol. The maximum absolute atomic E-state index is 11.9. The Hall–Kier alpha value is -2.04. The van der Waals surface area contributed by atoms with E-state index in [-0.39, 0.29) is 11.9 Å². The zero-order chi connectivity index (χ0) is 16.4. The fourth-order valence-electron chi connectivity index (χ4n) is 2.20. The fraction of sp³-hybridized carbons (Fsp3) is 0.529. The highest BCUT2D eigenvalue weighted by Crippen LogP contribution is 2.12. The molecule has 0 saturated heterocycles. The first-order valence-electron chi connectivity index (χ1n) is 7.97. The van der Waals surface area contributed by atoms with Crippen LogP contribution in [0.1, 0.15) is 49.9 Å². The van der Waals surface area contributed by atoms with Gasteiger partial charge in [0.15, 0.2) is 0 Å². The van der Waals surface area contributed by atoms with Gasteiger partial charge in [-0.15, -0.1) is 0 Å². The van der Waals surface area contributed by atoms with Gasteiger partial charge in [0, 0.05) is 24.8 Å². The zero-order valence-electron chi connectivity index (χ0n) is 13.7. The maximum atomic E-state index is 11.9. The Morgan fingerprint density at radius 3 is 2.36 bits per heavy atom. The smallest absolute Gasteiger partial charge is 0.319 e. The maximum Gasteiger partial charge on any atom is 0.319 e. The summed E-state index contributed by atoms with van der Waals surface area (Å²) in [5, 5.41) is 8.25. The first-order valence-corrected chi connectivity index (χ1v) is 7.97. The fourth-order valence-corrected chi connectivity index (χ4v) is 2.20. The molecule has 0 fully saturated rings. The van der Waals surface area contributed by atoms with Crippen molar-refractivity contribution in [3.63, 3.8) is 0 Å². The van der Waals surface area contributed by atoms with Crippen LogP contribution in [0.4, 0.5) is 10.5 Å². The van der Waals surface area contributed by atoms with Crippen LogP contribution in [-0.2, 0) is 0 Å². The number of carbonyl (C=O) groups excluding carboxylic acids is 2. The van der Waals surface area contributed by atoms with E-state index in [0.717, 1.165) is 12.8 Å². The Bertz CT molecular complexity index is 471. The van der Waals surface area contributed by atoms with Crippen LogP contribution < -0.4 is 16.0 Å². The van der Waals surface area contributed by atoms with Gasteiger partial charge in [-0.25, -0.2) is 4.79 Å². The molecule has 0 bridgehead atoms. The predicted octanol–water partition coefficient (Wildman–Crippen LogP) is 3.38. The number of carbonyl (C=O) groups is 2. The molecule has 0 spiro atoms. The summed E-state index contributed by atoms with van der Waals surface area (Å²) >= 11 is 0. The van der Waals surface area contributed by atoms with Crippen molar-refractivity contribution in [1.29, 1.82) is 0 Å². The Kier molecular flexibility index (Phi) is 8.04. The number of hydrogen-bond acceptors (Lipinski definition) is 2. The minimum absolute atomic E-state index is 0.141. The van der Waals surface area contributed by atoms with Crippen LogP contribution in [0.25, 0.3) is 0 Å². The molecule has 0 aliphatic rings. The molecule has 1 aromatic rings. The second kappa shape index (κ2) is 9.82. The lowest BCUT2D eigenvalue weighted by atomic mass is 9.99. The average Bonchev–Trinajstić information content (AvgIpc) is 2.55. The van der Waals surface area contributed by atoms with E-state index in [9.17, 15) is 9.59 Å². The van der Waals surface area contributed by atoms with E-state index in [4.69, 9.17) is 0 Å². The van der Waals surface area contributed by atoms with Crippen LogP contribution in [0.15, 0.2) is 24.3 Å². The molecule has 0 aliphatic heterocycles. The van der Waals surface area contributed by atoms with Crippen molar-refractivity contribution in [3.8, 4) is 0 Å². The molecule has 1 aromatic carbocycles. The van der Waals surface area contributed by atoms with Crippen molar-refractivity contribution in [2.45, 2.75) is 39.5 Å². The average molecular weight is 305 g/mol. The summed E-state index contributed by atoms with van der Waals surface area (Å²) in [6, 6.07) is 6.61. The Morgan fingerprint density at radius 1 is 1.14 bits per heavy atom. The minimum atomic E-state index is -0.206. The van der Waals surface area contributed by atoms with E-state index in [0.29, 0.717) is 23.7 Å². The largest absolute Gasteiger partial charge is 0.355 e. The van der Waals surface area contributed by atoms with Crippen LogP contribution in [0.5, 0.6) is 0 Å². The second-order valence-corrected chi connectivity index (χ2v) is 5.41. The van der Waals surface area contributed by atoms with Gasteiger partial charge in [0.2, 0.25) is 0 Å². The van der Waals surface area contributed by atoms with Gasteiger partial charge >= 0.3 is 6.03 Å². The molecule has 0 heterocycles. The molecule has 0 saturated carbocycles. The molecule has 0 aromatic heterocycles. The lowest BCUT2D eigenvalue weighted by Crippen LogP contribution is -2.33. The third-order valence-electron chi connectivity index (χ3n) is 3.73. The molecule has 0 aliphatic carbocycles. The standard InChI is InChI=1S/C17H27N3O2/c1-4-6-7-13(5-2)12-19-17(22)20-15-10-8-14(9-11-15)16(21)18-3/h8-11,13H,4-7,12H2,1-3H3,(H,18,21)(H2,19,20,22). The van der Waals surface area contributed by atoms with Crippen molar-refractivity contribution in [2.24, 2.45) is 5.92 Å². The first-order chi connectivity index (χ1) is 10.6. The van der Waals surface area contributed by atoms with Gasteiger partial charge < -0.3 is 16.0 Å². The van der Waals surface area contributed by atoms with E-state index >= 15 is 0 Å². The molecule has 5 nitrogen and oxygen atoms in total. The first kappa shape index (κ1) is 18.0. The number of nitrogens with one attached hydrogen (secondary N) is 3. The molecule has 0 radical (unpaired) electrons. The van der Waals surface area contributed by atoms with Gasteiger partial charge in [-0.1, -0.05) is 33.1 Å². The van der Waals surface area contributed by atoms with Crippen molar-refractivity contribution in [3.05, 3.63) is 29.8 Å². The lowest BCUT2D eigenvalue weighted by molar-refractivity contribution is 0.0963. The second-order valence-electron chi connectivity index (χ2n) is 5.41. The highest BCUT2D eigenvalue weighted by Gasteiger charge is 2.09. The molecule has 5 heteroatoms. The summed E-state index contributed by atoms with van der Waals surface area (Å²) in [5.41, 5.74) is 1.24. The van der Waals surface area contributed by atoms with Crippen molar-refractivity contribution in [2.75, 3.05) is 18.9 Å². The van der Waals surface area contributed by atoms with Crippen molar-refractivity contribution < 1.29 is 9.59 Å². The third kappa shape index (κ3) is 6.16. The number of urea groups is 1. The number of rotatable bonds is 8. The van der Waals surface area contributed by atoms with Crippen molar-refractivity contribution in [1.82, 2.24) is 10.6 Å². The van der Waals surface area contributed by atoms with E-state index in [1.807, 2.05) is 0 Å². The van der Waals surface area contributed by atoms with E-state index in [2.05, 4.69) is 29.8 Å². The number of hydrogen-bond donors (Lipinski definition) is 3. The minimum Gasteiger partial charge on any atom is -0.355 e. The lowest BCUT2D eigenvalue weighted by Gasteiger charge is -2.15. The zero-order valence-corrected chi connectivity index (χ0v) is 13.7. The molecular formula is C17H27N3O2. The van der Waals surface area contributed by atoms with Gasteiger partial charge in [0.05, 0.1) is 0 Å². The number of amides is 3. The summed E-state index contributed by atoms with van der Waals surface area (Å²) in [6.45, 7) is 5.02. The molecule has 1 unspecified atom stereocenters. The van der Waals surface area contributed by atoms with Crippen LogP contribution >= 0.6 is 0 Å². The summed E-state index contributed by atoms with van der Waals surface area (Å²) in [7, 11) is 1.59. The van der Waals surface area contributed by atoms with E-state index < -0.39 is 0 Å². The van der Waals surface area contributed by atoms with Crippen LogP contribution in [0.3, 0.4) is 0 Å². The number of anilines is 1. The molecular weight excluding hydrogens is 278 g/mol. The number of unbranched alkanes of at least 4 members (excludes halogenated alkanes) is 1. The molecule has 1 atom stereocenters. The number of benzene rings is 1. The molecule has 22 heavy (non-hydrogen) atoms. The van der Waals surface area contributed by atoms with Crippen LogP contribution in [0.2, 0.25) is 0 Å². The van der Waals surface area contributed by atoms with Gasteiger partial charge in [0.25, 0.3) is 5.91 Å². The highest BCUT2D eigenvalue weighted by atomic mass is 16.2. The summed E-state index contributed by atoms with van der Waals surface area (Å²) in [4.78, 5) is 23.3. The molecule has 3 N–H and O–H groups in total. The Balaban J connectivity index is 2.42. The Morgan fingerprint density at radius 2 is 1.82 bits per heavy atom. The van der Waals surface area contributed by atoms with E-state index in [1.54, 1.807) is 31.3 Å². The normalized spacial score (nSPS) is 11.6. The van der Waals surface area contributed by atoms with Gasteiger partial charge in [-0.3, -0.25) is 4.79 Å². The molecule has 3 amide bonds. The topological polar surface area (TPSA) is 70.2 Å². The highest BCUT2D eigenvalue weighted by molar-refractivity contribution is 5.95. The summed E-state index contributed by atoms with van der Waals surface area (Å²) in [6.07, 6.45) is 4.60. The molecule has 122 valence electrons. The van der Waals surface area contributed by atoms with Gasteiger partial charge in [-0.05, 0) is 36.6 Å². The third-order valence-corrected chi connectivity index (χ3v) is 3.73. The molecule has 1 rings (SSSR count). The van der Waals surface area contributed by atoms with Gasteiger partial charge in [-0.2, -0.15) is 0 Å². The Labute approximate surface area is 132 Å². The SMILES string of the molecule is CCCCC(CC)CNC(=O)Nc1ccc(C(=O)NC)cc1. The summed E-state index contributed by atoms with van der Waals surface area (Å²) < 4.78 is 0. The predicted molar refractivity (Wildman–Crippen MR) is 90.2 cm³/mol.